The van der Waals surface area contributed by atoms with Gasteiger partial charge in [-0.25, -0.2) is 14.4 Å². The topological polar surface area (TPSA) is 57.6 Å². The summed E-state index contributed by atoms with van der Waals surface area (Å²) >= 11 is 3.25. The van der Waals surface area contributed by atoms with Crippen molar-refractivity contribution < 1.29 is 9.13 Å². The zero-order valence-electron chi connectivity index (χ0n) is 15.2. The lowest BCUT2D eigenvalue weighted by atomic mass is 10.3. The summed E-state index contributed by atoms with van der Waals surface area (Å²) in [6.45, 7) is 7.94. The fourth-order valence-electron chi connectivity index (χ4n) is 3.39. The Labute approximate surface area is 166 Å². The van der Waals surface area contributed by atoms with Crippen molar-refractivity contribution >= 4 is 33.5 Å². The predicted molar refractivity (Wildman–Crippen MR) is 106 cm³/mol. The highest BCUT2D eigenvalue weighted by Gasteiger charge is 2.23. The van der Waals surface area contributed by atoms with Crippen molar-refractivity contribution in [2.75, 3.05) is 67.2 Å². The van der Waals surface area contributed by atoms with Crippen molar-refractivity contribution in [2.24, 2.45) is 0 Å². The van der Waals surface area contributed by atoms with Crippen LogP contribution in [0.1, 0.15) is 5.69 Å². The molecule has 7 nitrogen and oxygen atoms in total. The number of pyridine rings is 1. The molecular formula is C18H22BrFN6O. The number of halogens is 2. The minimum atomic E-state index is -0.306. The first-order valence-electron chi connectivity index (χ1n) is 9.09. The Kier molecular flexibility index (Phi) is 5.40. The van der Waals surface area contributed by atoms with E-state index in [9.17, 15) is 4.39 Å². The van der Waals surface area contributed by atoms with Crippen molar-refractivity contribution in [2.45, 2.75) is 6.92 Å². The average Bonchev–Trinajstić information content (AvgIpc) is 2.68. The second kappa shape index (κ2) is 7.93. The van der Waals surface area contributed by atoms with E-state index in [2.05, 4.69) is 35.7 Å². The Morgan fingerprint density at radius 3 is 2.37 bits per heavy atom. The van der Waals surface area contributed by atoms with E-state index in [1.54, 1.807) is 6.20 Å². The van der Waals surface area contributed by atoms with Crippen LogP contribution >= 0.6 is 15.9 Å². The third-order valence-corrected chi connectivity index (χ3v) is 5.25. The third-order valence-electron chi connectivity index (χ3n) is 4.81. The van der Waals surface area contributed by atoms with Gasteiger partial charge in [-0.1, -0.05) is 0 Å². The maximum absolute atomic E-state index is 14.2. The number of hydrogen-bond acceptors (Lipinski definition) is 7. The molecular weight excluding hydrogens is 415 g/mol. The fraction of sp³-hybridized carbons (Fsp3) is 0.500. The molecule has 2 aromatic rings. The summed E-state index contributed by atoms with van der Waals surface area (Å²) in [5.41, 5.74) is 0.949. The van der Waals surface area contributed by atoms with Crippen LogP contribution in [0, 0.1) is 12.7 Å². The van der Waals surface area contributed by atoms with Crippen molar-refractivity contribution in [3.05, 3.63) is 34.3 Å². The number of piperazine rings is 1. The number of morpholine rings is 1. The molecule has 4 heterocycles. The molecule has 2 saturated heterocycles. The van der Waals surface area contributed by atoms with E-state index in [-0.39, 0.29) is 5.82 Å². The van der Waals surface area contributed by atoms with Crippen molar-refractivity contribution in [1.82, 2.24) is 15.0 Å². The van der Waals surface area contributed by atoms with Crippen LogP contribution in [0.15, 0.2) is 22.8 Å². The van der Waals surface area contributed by atoms with Gasteiger partial charge in [0.25, 0.3) is 0 Å². The number of hydrogen-bond donors (Lipinski definition) is 0. The van der Waals surface area contributed by atoms with Crippen molar-refractivity contribution in [1.29, 1.82) is 0 Å². The molecule has 0 spiro atoms. The molecule has 0 N–H and O–H groups in total. The number of aryl methyl sites for hydroxylation is 1. The highest BCUT2D eigenvalue weighted by Crippen LogP contribution is 2.23. The van der Waals surface area contributed by atoms with E-state index in [4.69, 9.17) is 9.72 Å². The SMILES string of the molecule is Cc1cc(N2CCOCC2)nc(N2CCN(c3ncc(Br)cc3F)CC2)n1. The van der Waals surface area contributed by atoms with E-state index >= 15 is 0 Å². The van der Waals surface area contributed by atoms with Crippen molar-refractivity contribution in [3.63, 3.8) is 0 Å². The second-order valence-corrected chi connectivity index (χ2v) is 7.62. The van der Waals surface area contributed by atoms with Gasteiger partial charge in [0.05, 0.1) is 13.2 Å². The molecule has 27 heavy (non-hydrogen) atoms. The van der Waals surface area contributed by atoms with Gasteiger partial charge in [-0.2, -0.15) is 4.98 Å². The van der Waals surface area contributed by atoms with Gasteiger partial charge in [0.15, 0.2) is 11.6 Å². The minimum absolute atomic E-state index is 0.306. The molecule has 0 aliphatic carbocycles. The Balaban J connectivity index is 1.47. The number of rotatable bonds is 3. The van der Waals surface area contributed by atoms with Gasteiger partial charge in [-0.15, -0.1) is 0 Å². The summed E-state index contributed by atoms with van der Waals surface area (Å²) in [5.74, 6) is 1.78. The molecule has 0 amide bonds. The molecule has 0 radical (unpaired) electrons. The van der Waals surface area contributed by atoms with Crippen LogP contribution in [0.4, 0.5) is 22.0 Å². The lowest BCUT2D eigenvalue weighted by Crippen LogP contribution is -2.48. The molecule has 144 valence electrons. The van der Waals surface area contributed by atoms with Gasteiger partial charge < -0.3 is 19.4 Å². The number of aromatic nitrogens is 3. The molecule has 9 heteroatoms. The summed E-state index contributed by atoms with van der Waals surface area (Å²) in [4.78, 5) is 20.0. The van der Waals surface area contributed by atoms with Crippen LogP contribution < -0.4 is 14.7 Å². The second-order valence-electron chi connectivity index (χ2n) is 6.70. The van der Waals surface area contributed by atoms with Crippen LogP contribution in [0.2, 0.25) is 0 Å². The first kappa shape index (κ1) is 18.4. The Hall–Kier alpha value is -2.00. The van der Waals surface area contributed by atoms with Crippen molar-refractivity contribution in [3.8, 4) is 0 Å². The zero-order chi connectivity index (χ0) is 18.8. The van der Waals surface area contributed by atoms with Crippen LogP contribution in [-0.2, 0) is 4.74 Å². The highest BCUT2D eigenvalue weighted by atomic mass is 79.9. The lowest BCUT2D eigenvalue weighted by Gasteiger charge is -2.36. The molecule has 2 aromatic heterocycles. The molecule has 0 aromatic carbocycles. The van der Waals surface area contributed by atoms with E-state index in [1.807, 2.05) is 17.9 Å². The summed E-state index contributed by atoms with van der Waals surface area (Å²) in [5, 5.41) is 0. The Morgan fingerprint density at radius 2 is 1.67 bits per heavy atom. The first-order chi connectivity index (χ1) is 13.1. The minimum Gasteiger partial charge on any atom is -0.378 e. The molecule has 0 saturated carbocycles. The van der Waals surface area contributed by atoms with Gasteiger partial charge in [0, 0.05) is 61.7 Å². The predicted octanol–water partition coefficient (Wildman–Crippen LogP) is 2.24. The van der Waals surface area contributed by atoms with Crippen LogP contribution in [-0.4, -0.2) is 67.4 Å². The van der Waals surface area contributed by atoms with E-state index in [0.29, 0.717) is 23.4 Å². The quantitative estimate of drug-likeness (QED) is 0.730. The smallest absolute Gasteiger partial charge is 0.227 e. The summed E-state index contributed by atoms with van der Waals surface area (Å²) in [6.07, 6.45) is 1.63. The molecule has 2 aliphatic rings. The lowest BCUT2D eigenvalue weighted by molar-refractivity contribution is 0.122. The molecule has 0 atom stereocenters. The Bertz CT molecular complexity index is 808. The van der Waals surface area contributed by atoms with Crippen LogP contribution in [0.25, 0.3) is 0 Å². The van der Waals surface area contributed by atoms with Gasteiger partial charge in [0.1, 0.15) is 5.82 Å². The zero-order valence-corrected chi connectivity index (χ0v) is 16.8. The fourth-order valence-corrected chi connectivity index (χ4v) is 3.69. The first-order valence-corrected chi connectivity index (χ1v) is 9.89. The highest BCUT2D eigenvalue weighted by molar-refractivity contribution is 9.10. The summed E-state index contributed by atoms with van der Waals surface area (Å²) in [7, 11) is 0. The summed E-state index contributed by atoms with van der Waals surface area (Å²) < 4.78 is 20.3. The summed E-state index contributed by atoms with van der Waals surface area (Å²) in [6, 6.07) is 3.47. The molecule has 2 aliphatic heterocycles. The molecule has 0 unspecified atom stereocenters. The van der Waals surface area contributed by atoms with Crippen LogP contribution in [0.3, 0.4) is 0 Å². The average molecular weight is 437 g/mol. The molecule has 2 fully saturated rings. The molecule has 4 rings (SSSR count). The van der Waals surface area contributed by atoms with Gasteiger partial charge in [-0.05, 0) is 28.9 Å². The van der Waals surface area contributed by atoms with E-state index in [1.165, 1.54) is 6.07 Å². The normalized spacial score (nSPS) is 18.1. The van der Waals surface area contributed by atoms with Gasteiger partial charge in [-0.3, -0.25) is 0 Å². The maximum Gasteiger partial charge on any atom is 0.227 e. The largest absolute Gasteiger partial charge is 0.378 e. The number of anilines is 3. The third kappa shape index (κ3) is 4.14. The Morgan fingerprint density at radius 1 is 0.963 bits per heavy atom. The van der Waals surface area contributed by atoms with E-state index < -0.39 is 0 Å². The van der Waals surface area contributed by atoms with E-state index in [0.717, 1.165) is 56.9 Å². The standard InChI is InChI=1S/C18H22BrFN6O/c1-13-10-16(24-6-8-27-9-7-24)23-18(22-13)26-4-2-25(3-5-26)17-15(20)11-14(19)12-21-17/h10-12H,2-9H2,1H3. The van der Waals surface area contributed by atoms with Crippen LogP contribution in [0.5, 0.6) is 0 Å². The van der Waals surface area contributed by atoms with Gasteiger partial charge >= 0.3 is 0 Å². The number of ether oxygens (including phenoxy) is 1. The number of nitrogens with zero attached hydrogens (tertiary/aromatic N) is 6. The molecule has 0 bridgehead atoms. The van der Waals surface area contributed by atoms with Gasteiger partial charge in [0.2, 0.25) is 5.95 Å². The monoisotopic (exact) mass is 436 g/mol. The maximum atomic E-state index is 14.2.